The van der Waals surface area contributed by atoms with E-state index in [1.54, 1.807) is 24.3 Å². The molecule has 0 aliphatic rings. The van der Waals surface area contributed by atoms with Crippen LogP contribution in [0.3, 0.4) is 0 Å². The van der Waals surface area contributed by atoms with Gasteiger partial charge in [0.1, 0.15) is 0 Å². The number of aliphatic carboxylic acids is 1. The second-order valence-electron chi connectivity index (χ2n) is 4.88. The van der Waals surface area contributed by atoms with E-state index in [9.17, 15) is 9.59 Å². The Morgan fingerprint density at radius 1 is 0.952 bits per heavy atom. The predicted octanol–water partition coefficient (Wildman–Crippen LogP) is 2.80. The molecule has 2 aromatic rings. The number of carboxylic acid groups (broad SMARTS) is 1. The average molecular weight is 283 g/mol. The summed E-state index contributed by atoms with van der Waals surface area (Å²) < 4.78 is 0. The van der Waals surface area contributed by atoms with Crippen LogP contribution in [0.25, 0.3) is 0 Å². The highest BCUT2D eigenvalue weighted by Crippen LogP contribution is 2.16. The Hall–Kier alpha value is -2.62. The summed E-state index contributed by atoms with van der Waals surface area (Å²) in [7, 11) is 0. The van der Waals surface area contributed by atoms with E-state index in [2.05, 4.69) is 5.32 Å². The summed E-state index contributed by atoms with van der Waals surface area (Å²) in [6.45, 7) is 1.96. The highest BCUT2D eigenvalue weighted by Gasteiger charge is 2.10. The Kier molecular flexibility index (Phi) is 4.72. The van der Waals surface area contributed by atoms with Crippen LogP contribution in [0.1, 0.15) is 16.7 Å². The van der Waals surface area contributed by atoms with Crippen LogP contribution in [0.2, 0.25) is 0 Å². The van der Waals surface area contributed by atoms with Crippen molar-refractivity contribution in [3.05, 3.63) is 65.2 Å². The number of rotatable bonds is 5. The molecule has 0 unspecified atom stereocenters. The number of benzene rings is 2. The van der Waals surface area contributed by atoms with Crippen molar-refractivity contribution in [1.82, 2.24) is 0 Å². The predicted molar refractivity (Wildman–Crippen MR) is 81.3 cm³/mol. The lowest BCUT2D eigenvalue weighted by molar-refractivity contribution is -0.136. The topological polar surface area (TPSA) is 66.4 Å². The second kappa shape index (κ2) is 6.70. The minimum Gasteiger partial charge on any atom is -0.481 e. The fraction of sp³-hybridized carbons (Fsp3) is 0.176. The van der Waals surface area contributed by atoms with Crippen molar-refractivity contribution in [3.8, 4) is 0 Å². The Balaban J connectivity index is 2.10. The summed E-state index contributed by atoms with van der Waals surface area (Å²) in [6, 6.07) is 14.7. The molecule has 0 saturated carbocycles. The minimum absolute atomic E-state index is 0.110. The van der Waals surface area contributed by atoms with Crippen LogP contribution in [0.5, 0.6) is 0 Å². The van der Waals surface area contributed by atoms with Crippen LogP contribution in [-0.2, 0) is 22.4 Å². The lowest BCUT2D eigenvalue weighted by Crippen LogP contribution is -2.16. The molecular formula is C17H17NO3. The first-order valence-corrected chi connectivity index (χ1v) is 6.70. The van der Waals surface area contributed by atoms with E-state index in [4.69, 9.17) is 5.11 Å². The summed E-state index contributed by atoms with van der Waals surface area (Å²) in [5.41, 5.74) is 3.18. The number of hydrogen-bond donors (Lipinski definition) is 2. The number of amides is 1. The molecule has 0 atom stereocenters. The van der Waals surface area contributed by atoms with Gasteiger partial charge in [-0.05, 0) is 29.7 Å². The molecule has 2 aromatic carbocycles. The van der Waals surface area contributed by atoms with E-state index in [-0.39, 0.29) is 18.7 Å². The van der Waals surface area contributed by atoms with E-state index in [0.717, 1.165) is 11.1 Å². The zero-order valence-electron chi connectivity index (χ0n) is 11.8. The molecule has 0 heterocycles. The number of nitrogens with one attached hydrogen (secondary N) is 1. The molecule has 2 rings (SSSR count). The van der Waals surface area contributed by atoms with Crippen LogP contribution in [0.15, 0.2) is 48.5 Å². The van der Waals surface area contributed by atoms with Crippen LogP contribution < -0.4 is 5.32 Å². The number of carboxylic acids is 1. The summed E-state index contributed by atoms with van der Waals surface area (Å²) in [5, 5.41) is 11.7. The van der Waals surface area contributed by atoms with Crippen molar-refractivity contribution in [3.63, 3.8) is 0 Å². The first kappa shape index (κ1) is 14.8. The van der Waals surface area contributed by atoms with Gasteiger partial charge in [0.25, 0.3) is 0 Å². The fourth-order valence-electron chi connectivity index (χ4n) is 2.14. The van der Waals surface area contributed by atoms with E-state index in [1.807, 2.05) is 31.2 Å². The Bertz CT molecular complexity index is 665. The first-order valence-electron chi connectivity index (χ1n) is 6.70. The highest BCUT2D eigenvalue weighted by molar-refractivity contribution is 5.93. The molecule has 4 heteroatoms. The Labute approximate surface area is 123 Å². The zero-order chi connectivity index (χ0) is 15.2. The van der Waals surface area contributed by atoms with Gasteiger partial charge in [-0.3, -0.25) is 9.59 Å². The Morgan fingerprint density at radius 2 is 1.57 bits per heavy atom. The third-order valence-electron chi connectivity index (χ3n) is 3.25. The summed E-state index contributed by atoms with van der Waals surface area (Å²) in [6.07, 6.45) is 0.162. The molecule has 1 amide bonds. The van der Waals surface area contributed by atoms with Crippen LogP contribution >= 0.6 is 0 Å². The van der Waals surface area contributed by atoms with E-state index in [0.29, 0.717) is 11.3 Å². The van der Waals surface area contributed by atoms with E-state index >= 15 is 0 Å². The van der Waals surface area contributed by atoms with Gasteiger partial charge in [-0.1, -0.05) is 42.5 Å². The van der Waals surface area contributed by atoms with Gasteiger partial charge in [-0.2, -0.15) is 0 Å². The van der Waals surface area contributed by atoms with E-state index < -0.39 is 5.97 Å². The van der Waals surface area contributed by atoms with Gasteiger partial charge in [0.2, 0.25) is 5.91 Å². The van der Waals surface area contributed by atoms with Crippen LogP contribution in [0, 0.1) is 6.92 Å². The maximum atomic E-state index is 12.1. The van der Waals surface area contributed by atoms with Gasteiger partial charge in [0.05, 0.1) is 12.8 Å². The van der Waals surface area contributed by atoms with Crippen molar-refractivity contribution in [2.24, 2.45) is 0 Å². The number of anilines is 1. The van der Waals surface area contributed by atoms with Crippen molar-refractivity contribution < 1.29 is 14.7 Å². The molecule has 0 aliphatic carbocycles. The first-order chi connectivity index (χ1) is 10.1. The largest absolute Gasteiger partial charge is 0.481 e. The maximum absolute atomic E-state index is 12.1. The maximum Gasteiger partial charge on any atom is 0.307 e. The molecule has 0 radical (unpaired) electrons. The normalized spacial score (nSPS) is 10.1. The molecule has 108 valence electrons. The molecule has 21 heavy (non-hydrogen) atoms. The molecular weight excluding hydrogens is 266 g/mol. The van der Waals surface area contributed by atoms with Gasteiger partial charge in [0.15, 0.2) is 0 Å². The molecule has 0 saturated heterocycles. The van der Waals surface area contributed by atoms with Gasteiger partial charge in [-0.15, -0.1) is 0 Å². The molecule has 4 nitrogen and oxygen atoms in total. The number of aryl methyl sites for hydroxylation is 1. The third kappa shape index (κ3) is 4.18. The lowest BCUT2D eigenvalue weighted by atomic mass is 10.1. The molecule has 0 aromatic heterocycles. The van der Waals surface area contributed by atoms with E-state index in [1.165, 1.54) is 0 Å². The van der Waals surface area contributed by atoms with Gasteiger partial charge in [-0.25, -0.2) is 0 Å². The SMILES string of the molecule is Cc1ccccc1CC(=O)Nc1ccccc1CC(=O)O. The summed E-state index contributed by atoms with van der Waals surface area (Å²) >= 11 is 0. The summed E-state index contributed by atoms with van der Waals surface area (Å²) in [5.74, 6) is -1.07. The van der Waals surface area contributed by atoms with Crippen molar-refractivity contribution >= 4 is 17.6 Å². The van der Waals surface area contributed by atoms with Crippen molar-refractivity contribution in [2.75, 3.05) is 5.32 Å². The summed E-state index contributed by atoms with van der Waals surface area (Å²) in [4.78, 5) is 22.9. The molecule has 0 fully saturated rings. The smallest absolute Gasteiger partial charge is 0.307 e. The van der Waals surface area contributed by atoms with Gasteiger partial charge in [0, 0.05) is 5.69 Å². The number of para-hydroxylation sites is 1. The number of carbonyl (C=O) groups excluding carboxylic acids is 1. The molecule has 0 bridgehead atoms. The van der Waals surface area contributed by atoms with Gasteiger partial charge < -0.3 is 10.4 Å². The van der Waals surface area contributed by atoms with Crippen LogP contribution in [0.4, 0.5) is 5.69 Å². The highest BCUT2D eigenvalue weighted by atomic mass is 16.4. The second-order valence-corrected chi connectivity index (χ2v) is 4.88. The van der Waals surface area contributed by atoms with Crippen molar-refractivity contribution in [2.45, 2.75) is 19.8 Å². The Morgan fingerprint density at radius 3 is 2.24 bits per heavy atom. The third-order valence-corrected chi connectivity index (χ3v) is 3.25. The molecule has 0 aliphatic heterocycles. The molecule has 2 N–H and O–H groups in total. The lowest BCUT2D eigenvalue weighted by Gasteiger charge is -2.10. The standard InChI is InChI=1S/C17H17NO3/c1-12-6-2-3-7-13(12)10-16(19)18-15-9-5-4-8-14(15)11-17(20)21/h2-9H,10-11H2,1H3,(H,18,19)(H,20,21). The fourth-order valence-corrected chi connectivity index (χ4v) is 2.14. The van der Waals surface area contributed by atoms with Crippen LogP contribution in [-0.4, -0.2) is 17.0 Å². The number of hydrogen-bond acceptors (Lipinski definition) is 2. The average Bonchev–Trinajstić information content (AvgIpc) is 2.43. The minimum atomic E-state index is -0.921. The van der Waals surface area contributed by atoms with Crippen molar-refractivity contribution in [1.29, 1.82) is 0 Å². The molecule has 0 spiro atoms. The van der Waals surface area contributed by atoms with Gasteiger partial charge >= 0.3 is 5.97 Å². The zero-order valence-corrected chi connectivity index (χ0v) is 11.8. The quantitative estimate of drug-likeness (QED) is 0.886. The number of carbonyl (C=O) groups is 2. The monoisotopic (exact) mass is 283 g/mol.